The largest absolute Gasteiger partial charge is 0.493 e. The smallest absolute Gasteiger partial charge is 0.169 e. The van der Waals surface area contributed by atoms with Gasteiger partial charge in [-0.25, -0.2) is 0 Å². The van der Waals surface area contributed by atoms with Crippen LogP contribution < -0.4 is 33.2 Å². The number of ether oxygens (including phenoxy) is 7. The lowest BCUT2D eigenvalue weighted by Crippen LogP contribution is -2.33. The first-order valence-corrected chi connectivity index (χ1v) is 16.7. The lowest BCUT2D eigenvalue weighted by Gasteiger charge is -2.35. The molecule has 0 aliphatic carbocycles. The maximum absolute atomic E-state index is 6.45. The van der Waals surface area contributed by atoms with Crippen LogP contribution in [0.2, 0.25) is 0 Å². The Hall–Kier alpha value is -4.60. The summed E-state index contributed by atoms with van der Waals surface area (Å²) in [6, 6.07) is 21.2. The highest BCUT2D eigenvalue weighted by atomic mass is 16.5. The van der Waals surface area contributed by atoms with Crippen LogP contribution in [-0.2, 0) is 25.7 Å². The molecule has 0 saturated heterocycles. The lowest BCUT2D eigenvalue weighted by atomic mass is 9.88. The highest BCUT2D eigenvalue weighted by molar-refractivity contribution is 5.53. The molecule has 0 aromatic heterocycles. The molecule has 0 unspecified atom stereocenters. The second kappa shape index (κ2) is 14.9. The molecule has 0 amide bonds. The molecule has 0 saturated carbocycles. The third-order valence-electron chi connectivity index (χ3n) is 10.1. The van der Waals surface area contributed by atoms with Crippen molar-refractivity contribution in [3.8, 4) is 46.0 Å². The van der Waals surface area contributed by atoms with Gasteiger partial charge in [0.25, 0.3) is 0 Å². The Morgan fingerprint density at radius 1 is 0.469 bits per heavy atom. The van der Waals surface area contributed by atoms with Crippen molar-refractivity contribution in [3.63, 3.8) is 0 Å². The van der Waals surface area contributed by atoms with E-state index in [4.69, 9.17) is 33.2 Å². The van der Waals surface area contributed by atoms with E-state index in [-0.39, 0.29) is 12.1 Å². The van der Waals surface area contributed by atoms with Gasteiger partial charge in [-0.05, 0) is 122 Å². The standard InChI is InChI=1S/C40H48N2O7/c1-41-15-13-27-21-37(45-5)39(47-7)23-29(27)31(41)17-25-9-11-33(35(19-25)43-3)49-34-12-10-26(20-36(34)44-4)18-32-30-24-40(48-8)38(46-6)22-28(30)14-16-42(32)2/h9-12,19-24,31-32H,13-18H2,1-8H3/t31-,32-/m1/s1. The second-order valence-corrected chi connectivity index (χ2v) is 12.8. The van der Waals surface area contributed by atoms with E-state index >= 15 is 0 Å². The zero-order chi connectivity index (χ0) is 34.7. The van der Waals surface area contributed by atoms with Gasteiger partial charge in [0, 0.05) is 25.2 Å². The molecule has 2 heterocycles. The molecule has 2 aliphatic rings. The highest BCUT2D eigenvalue weighted by Gasteiger charge is 2.29. The van der Waals surface area contributed by atoms with Gasteiger partial charge >= 0.3 is 0 Å². The average molecular weight is 669 g/mol. The quantitative estimate of drug-likeness (QED) is 0.158. The van der Waals surface area contributed by atoms with Gasteiger partial charge in [-0.2, -0.15) is 0 Å². The van der Waals surface area contributed by atoms with Crippen LogP contribution in [0.4, 0.5) is 0 Å². The molecule has 49 heavy (non-hydrogen) atoms. The summed E-state index contributed by atoms with van der Waals surface area (Å²) in [4.78, 5) is 4.79. The van der Waals surface area contributed by atoms with Gasteiger partial charge in [-0.1, -0.05) is 12.1 Å². The number of benzene rings is 4. The van der Waals surface area contributed by atoms with Gasteiger partial charge in [-0.3, -0.25) is 9.80 Å². The average Bonchev–Trinajstić information content (AvgIpc) is 3.13. The monoisotopic (exact) mass is 668 g/mol. The first-order chi connectivity index (χ1) is 23.8. The SMILES string of the molecule is COc1cc2c(cc1OC)[C@@H](Cc1ccc(Oc3ccc(C[C@@H]4c5cc(OC)c(OC)cc5CCN4C)cc3OC)c(OC)c1)N(C)CC2. The third-order valence-corrected chi connectivity index (χ3v) is 10.1. The van der Waals surface area contributed by atoms with Crippen molar-refractivity contribution in [3.05, 3.63) is 94.0 Å². The molecule has 9 heteroatoms. The predicted octanol–water partition coefficient (Wildman–Crippen LogP) is 7.07. The van der Waals surface area contributed by atoms with Crippen LogP contribution in [0.15, 0.2) is 60.7 Å². The van der Waals surface area contributed by atoms with Crippen molar-refractivity contribution in [1.82, 2.24) is 9.80 Å². The van der Waals surface area contributed by atoms with Gasteiger partial charge in [0.15, 0.2) is 46.0 Å². The summed E-state index contributed by atoms with van der Waals surface area (Å²) in [7, 11) is 14.4. The Labute approximate surface area is 290 Å². The Balaban J connectivity index is 1.21. The first-order valence-electron chi connectivity index (χ1n) is 16.7. The topological polar surface area (TPSA) is 71.1 Å². The number of nitrogens with zero attached hydrogens (tertiary/aromatic N) is 2. The van der Waals surface area contributed by atoms with E-state index in [0.717, 1.165) is 72.9 Å². The molecule has 4 aromatic rings. The van der Waals surface area contributed by atoms with Crippen LogP contribution in [-0.4, -0.2) is 79.6 Å². The van der Waals surface area contributed by atoms with Gasteiger partial charge in [-0.15, -0.1) is 0 Å². The number of likely N-dealkylation sites (N-methyl/N-ethyl adjacent to an activating group) is 2. The van der Waals surface area contributed by atoms with Crippen molar-refractivity contribution >= 4 is 0 Å². The Morgan fingerprint density at radius 3 is 1.18 bits per heavy atom. The molecule has 2 atom stereocenters. The van der Waals surface area contributed by atoms with Crippen LogP contribution in [0, 0.1) is 0 Å². The number of rotatable bonds is 12. The molecular formula is C40H48N2O7. The molecule has 0 bridgehead atoms. The maximum atomic E-state index is 6.45. The number of fused-ring (bicyclic) bond motifs is 2. The molecule has 0 spiro atoms. The van der Waals surface area contributed by atoms with Crippen LogP contribution in [0.25, 0.3) is 0 Å². The fourth-order valence-electron chi connectivity index (χ4n) is 7.25. The van der Waals surface area contributed by atoms with E-state index < -0.39 is 0 Å². The van der Waals surface area contributed by atoms with Crippen molar-refractivity contribution in [2.24, 2.45) is 0 Å². The summed E-state index contributed by atoms with van der Waals surface area (Å²) in [5.41, 5.74) is 7.41. The highest BCUT2D eigenvalue weighted by Crippen LogP contribution is 2.43. The minimum atomic E-state index is 0.186. The van der Waals surface area contributed by atoms with Crippen molar-refractivity contribution < 1.29 is 33.2 Å². The number of methoxy groups -OCH3 is 6. The van der Waals surface area contributed by atoms with Crippen LogP contribution >= 0.6 is 0 Å². The summed E-state index contributed by atoms with van der Waals surface area (Å²) in [6.45, 7) is 1.93. The van der Waals surface area contributed by atoms with E-state index in [1.165, 1.54) is 22.3 Å². The summed E-state index contributed by atoms with van der Waals surface area (Å²) < 4.78 is 40.6. The number of hydrogen-bond donors (Lipinski definition) is 0. The molecule has 4 aromatic carbocycles. The lowest BCUT2D eigenvalue weighted by molar-refractivity contribution is 0.227. The molecule has 0 N–H and O–H groups in total. The van der Waals surface area contributed by atoms with E-state index in [2.05, 4.69) is 72.4 Å². The van der Waals surface area contributed by atoms with Gasteiger partial charge in [0.2, 0.25) is 0 Å². The van der Waals surface area contributed by atoms with E-state index in [1.54, 1.807) is 42.7 Å². The predicted molar refractivity (Wildman–Crippen MR) is 191 cm³/mol. The summed E-state index contributed by atoms with van der Waals surface area (Å²) in [5.74, 6) is 5.62. The van der Waals surface area contributed by atoms with Gasteiger partial charge in [0.1, 0.15) is 0 Å². The van der Waals surface area contributed by atoms with E-state index in [9.17, 15) is 0 Å². The molecule has 260 valence electrons. The molecule has 0 radical (unpaired) electrons. The fourth-order valence-corrected chi connectivity index (χ4v) is 7.25. The zero-order valence-corrected chi connectivity index (χ0v) is 29.9. The first kappa shape index (κ1) is 34.3. The second-order valence-electron chi connectivity index (χ2n) is 12.8. The maximum Gasteiger partial charge on any atom is 0.169 e. The number of hydrogen-bond acceptors (Lipinski definition) is 9. The van der Waals surface area contributed by atoms with Crippen molar-refractivity contribution in [2.45, 2.75) is 37.8 Å². The molecule has 2 aliphatic heterocycles. The van der Waals surface area contributed by atoms with Gasteiger partial charge in [0.05, 0.1) is 42.7 Å². The Bertz CT molecular complexity index is 1660. The van der Waals surface area contributed by atoms with Crippen LogP contribution in [0.1, 0.15) is 45.5 Å². The Kier molecular flexibility index (Phi) is 10.4. The minimum absolute atomic E-state index is 0.186. The van der Waals surface area contributed by atoms with Crippen molar-refractivity contribution in [2.75, 3.05) is 69.8 Å². The minimum Gasteiger partial charge on any atom is -0.493 e. The van der Waals surface area contributed by atoms with Crippen molar-refractivity contribution in [1.29, 1.82) is 0 Å². The Morgan fingerprint density at radius 2 is 0.816 bits per heavy atom. The summed E-state index contributed by atoms with van der Waals surface area (Å²) >= 11 is 0. The van der Waals surface area contributed by atoms with E-state index in [0.29, 0.717) is 23.0 Å². The summed E-state index contributed by atoms with van der Waals surface area (Å²) in [6.07, 6.45) is 3.55. The molecule has 0 fully saturated rings. The van der Waals surface area contributed by atoms with Crippen LogP contribution in [0.5, 0.6) is 46.0 Å². The zero-order valence-electron chi connectivity index (χ0n) is 29.9. The normalized spacial score (nSPS) is 17.5. The molecule has 6 rings (SSSR count). The van der Waals surface area contributed by atoms with Gasteiger partial charge < -0.3 is 33.2 Å². The summed E-state index contributed by atoms with van der Waals surface area (Å²) in [5, 5.41) is 0. The fraction of sp³-hybridized carbons (Fsp3) is 0.400. The van der Waals surface area contributed by atoms with Crippen LogP contribution in [0.3, 0.4) is 0 Å². The molecular weight excluding hydrogens is 620 g/mol. The third kappa shape index (κ3) is 6.96. The molecule has 9 nitrogen and oxygen atoms in total. The van der Waals surface area contributed by atoms with E-state index in [1.807, 2.05) is 12.1 Å².